The van der Waals surface area contributed by atoms with Gasteiger partial charge in [-0.2, -0.15) is 0 Å². The average molecular weight is 248 g/mol. The summed E-state index contributed by atoms with van der Waals surface area (Å²) in [5.41, 5.74) is 1.31. The summed E-state index contributed by atoms with van der Waals surface area (Å²) in [7, 11) is 0. The molecule has 0 aliphatic rings. The van der Waals surface area contributed by atoms with Crippen LogP contribution >= 0.6 is 23.1 Å². The summed E-state index contributed by atoms with van der Waals surface area (Å²) in [4.78, 5) is 12.0. The van der Waals surface area contributed by atoms with Crippen LogP contribution in [-0.4, -0.2) is 5.78 Å². The molecule has 0 aliphatic carbocycles. The Kier molecular flexibility index (Phi) is 3.80. The number of benzene rings is 1. The second kappa shape index (κ2) is 5.32. The molecule has 1 aromatic carbocycles. The first-order chi connectivity index (χ1) is 7.75. The normalized spacial score (nSPS) is 10.3. The Bertz CT molecular complexity index is 474. The van der Waals surface area contributed by atoms with Gasteiger partial charge >= 0.3 is 0 Å². The van der Waals surface area contributed by atoms with Gasteiger partial charge in [-0.15, -0.1) is 23.1 Å². The van der Waals surface area contributed by atoms with E-state index in [1.807, 2.05) is 30.3 Å². The summed E-state index contributed by atoms with van der Waals surface area (Å²) in [5.74, 6) is 1.11. The van der Waals surface area contributed by atoms with Crippen LogP contribution in [-0.2, 0) is 5.75 Å². The maximum Gasteiger partial charge on any atom is 0.169 e. The Morgan fingerprint density at radius 2 is 1.94 bits per heavy atom. The van der Waals surface area contributed by atoms with E-state index >= 15 is 0 Å². The van der Waals surface area contributed by atoms with E-state index in [1.165, 1.54) is 9.77 Å². The minimum atomic E-state index is 0.150. The fourth-order valence-electron chi connectivity index (χ4n) is 1.32. The highest BCUT2D eigenvalue weighted by Crippen LogP contribution is 2.29. The van der Waals surface area contributed by atoms with E-state index in [1.54, 1.807) is 30.0 Å². The van der Waals surface area contributed by atoms with Crippen molar-refractivity contribution >= 4 is 28.9 Å². The monoisotopic (exact) mass is 248 g/mol. The number of hydrogen-bond donors (Lipinski definition) is 0. The summed E-state index contributed by atoms with van der Waals surface area (Å²) in [6.07, 6.45) is 0. The highest BCUT2D eigenvalue weighted by atomic mass is 32.2. The number of carbonyl (C=O) groups excluding carboxylic acids is 1. The lowest BCUT2D eigenvalue weighted by Gasteiger charge is -1.98. The molecule has 0 bridgehead atoms. The minimum absolute atomic E-state index is 0.150. The quantitative estimate of drug-likeness (QED) is 0.594. The number of thiophene rings is 1. The SMILES string of the molecule is CC(=O)c1ccc(SCc2ccccc2)s1. The summed E-state index contributed by atoms with van der Waals surface area (Å²) < 4.78 is 1.20. The highest BCUT2D eigenvalue weighted by molar-refractivity contribution is 8.00. The van der Waals surface area contributed by atoms with Crippen LogP contribution in [0.5, 0.6) is 0 Å². The molecule has 3 heteroatoms. The van der Waals surface area contributed by atoms with Gasteiger partial charge in [-0.3, -0.25) is 4.79 Å². The van der Waals surface area contributed by atoms with E-state index < -0.39 is 0 Å². The van der Waals surface area contributed by atoms with Crippen molar-refractivity contribution in [2.75, 3.05) is 0 Å². The molecule has 0 saturated heterocycles. The van der Waals surface area contributed by atoms with Crippen molar-refractivity contribution in [2.24, 2.45) is 0 Å². The van der Waals surface area contributed by atoms with Crippen LogP contribution in [0.1, 0.15) is 22.2 Å². The van der Waals surface area contributed by atoms with Gasteiger partial charge < -0.3 is 0 Å². The van der Waals surface area contributed by atoms with Gasteiger partial charge in [-0.1, -0.05) is 30.3 Å². The zero-order chi connectivity index (χ0) is 11.4. The second-order valence-electron chi connectivity index (χ2n) is 3.45. The highest BCUT2D eigenvalue weighted by Gasteiger charge is 2.04. The minimum Gasteiger partial charge on any atom is -0.294 e. The van der Waals surface area contributed by atoms with E-state index in [0.29, 0.717) is 0 Å². The van der Waals surface area contributed by atoms with Crippen molar-refractivity contribution in [3.05, 3.63) is 52.9 Å². The molecule has 1 aromatic heterocycles. The van der Waals surface area contributed by atoms with Crippen molar-refractivity contribution in [3.8, 4) is 0 Å². The van der Waals surface area contributed by atoms with Crippen molar-refractivity contribution < 1.29 is 4.79 Å². The number of thioether (sulfide) groups is 1. The average Bonchev–Trinajstić information content (AvgIpc) is 2.76. The fraction of sp³-hybridized carbons (Fsp3) is 0.154. The van der Waals surface area contributed by atoms with Gasteiger partial charge in [-0.25, -0.2) is 0 Å². The van der Waals surface area contributed by atoms with Gasteiger partial charge in [0.2, 0.25) is 0 Å². The predicted octanol–water partition coefficient (Wildman–Crippen LogP) is 4.24. The number of Topliss-reactive ketones (excluding diaryl/α,β-unsaturated/α-hetero) is 1. The molecule has 82 valence electrons. The Morgan fingerprint density at radius 1 is 1.19 bits per heavy atom. The van der Waals surface area contributed by atoms with Crippen molar-refractivity contribution in [2.45, 2.75) is 16.9 Å². The molecule has 0 spiro atoms. The summed E-state index contributed by atoms with van der Waals surface area (Å²) >= 11 is 3.35. The number of carbonyl (C=O) groups is 1. The lowest BCUT2D eigenvalue weighted by Crippen LogP contribution is -1.83. The Hall–Kier alpha value is -1.06. The standard InChI is InChI=1S/C13H12OS2/c1-10(14)12-7-8-13(16-12)15-9-11-5-3-2-4-6-11/h2-8H,9H2,1H3. The van der Waals surface area contributed by atoms with E-state index in [2.05, 4.69) is 12.1 Å². The largest absolute Gasteiger partial charge is 0.294 e. The van der Waals surface area contributed by atoms with Crippen LogP contribution < -0.4 is 0 Å². The molecule has 2 rings (SSSR count). The first-order valence-electron chi connectivity index (χ1n) is 5.03. The molecule has 1 nitrogen and oxygen atoms in total. The zero-order valence-electron chi connectivity index (χ0n) is 8.97. The summed E-state index contributed by atoms with van der Waals surface area (Å²) in [6, 6.07) is 14.3. The third kappa shape index (κ3) is 2.97. The number of rotatable bonds is 4. The molecular formula is C13H12OS2. The van der Waals surface area contributed by atoms with E-state index in [0.717, 1.165) is 10.6 Å². The first-order valence-corrected chi connectivity index (χ1v) is 6.83. The maximum absolute atomic E-state index is 11.1. The molecule has 0 atom stereocenters. The van der Waals surface area contributed by atoms with Crippen LogP contribution in [0.2, 0.25) is 0 Å². The van der Waals surface area contributed by atoms with Gasteiger partial charge in [0.1, 0.15) is 0 Å². The van der Waals surface area contributed by atoms with Gasteiger partial charge in [0.25, 0.3) is 0 Å². The molecule has 0 saturated carbocycles. The molecule has 0 radical (unpaired) electrons. The van der Waals surface area contributed by atoms with Crippen LogP contribution in [0.4, 0.5) is 0 Å². The molecule has 2 aromatic rings. The van der Waals surface area contributed by atoms with E-state index in [9.17, 15) is 4.79 Å². The Morgan fingerprint density at radius 3 is 2.56 bits per heavy atom. The van der Waals surface area contributed by atoms with E-state index in [-0.39, 0.29) is 5.78 Å². The smallest absolute Gasteiger partial charge is 0.169 e. The molecule has 0 fully saturated rings. The second-order valence-corrected chi connectivity index (χ2v) is 5.81. The van der Waals surface area contributed by atoms with Crippen LogP contribution in [0.25, 0.3) is 0 Å². The molecule has 0 aliphatic heterocycles. The number of hydrogen-bond acceptors (Lipinski definition) is 3. The molecule has 0 amide bonds. The Balaban J connectivity index is 1.97. The zero-order valence-corrected chi connectivity index (χ0v) is 10.6. The first kappa shape index (κ1) is 11.4. The number of ketones is 1. The van der Waals surface area contributed by atoms with Crippen LogP contribution in [0.15, 0.2) is 46.7 Å². The summed E-state index contributed by atoms with van der Waals surface area (Å²) in [5, 5.41) is 0. The molecule has 0 N–H and O–H groups in total. The molecule has 16 heavy (non-hydrogen) atoms. The van der Waals surface area contributed by atoms with E-state index in [4.69, 9.17) is 0 Å². The van der Waals surface area contributed by atoms with Gasteiger partial charge in [0.15, 0.2) is 5.78 Å². The van der Waals surface area contributed by atoms with Crippen LogP contribution in [0, 0.1) is 0 Å². The molecule has 1 heterocycles. The van der Waals surface area contributed by atoms with Crippen molar-refractivity contribution in [3.63, 3.8) is 0 Å². The molecule has 0 unspecified atom stereocenters. The maximum atomic E-state index is 11.1. The summed E-state index contributed by atoms with van der Waals surface area (Å²) in [6.45, 7) is 1.61. The third-order valence-electron chi connectivity index (χ3n) is 2.15. The van der Waals surface area contributed by atoms with Crippen LogP contribution in [0.3, 0.4) is 0 Å². The lowest BCUT2D eigenvalue weighted by atomic mass is 10.2. The third-order valence-corrected chi connectivity index (χ3v) is 4.63. The molecular weight excluding hydrogens is 236 g/mol. The van der Waals surface area contributed by atoms with Crippen molar-refractivity contribution in [1.82, 2.24) is 0 Å². The Labute approximate surface area is 104 Å². The van der Waals surface area contributed by atoms with Gasteiger partial charge in [0, 0.05) is 5.75 Å². The lowest BCUT2D eigenvalue weighted by molar-refractivity contribution is 0.102. The van der Waals surface area contributed by atoms with Gasteiger partial charge in [-0.05, 0) is 24.6 Å². The van der Waals surface area contributed by atoms with Crippen molar-refractivity contribution in [1.29, 1.82) is 0 Å². The topological polar surface area (TPSA) is 17.1 Å². The predicted molar refractivity (Wildman–Crippen MR) is 70.3 cm³/mol. The fourth-order valence-corrected chi connectivity index (χ4v) is 3.30. The van der Waals surface area contributed by atoms with Gasteiger partial charge in [0.05, 0.1) is 9.09 Å².